The number of alkyl halides is 3. The molecule has 3 nitrogen and oxygen atoms in total. The lowest BCUT2D eigenvalue weighted by Gasteiger charge is -2.22. The van der Waals surface area contributed by atoms with Gasteiger partial charge >= 0.3 is 12.2 Å². The second-order valence-electron chi connectivity index (χ2n) is 4.84. The smallest absolute Gasteiger partial charge is 0.334 e. The number of amides is 2. The number of nitrogens with one attached hydrogen (secondary N) is 2. The van der Waals surface area contributed by atoms with E-state index in [2.05, 4.69) is 5.32 Å². The van der Waals surface area contributed by atoms with E-state index in [1.807, 2.05) is 5.32 Å². The fraction of sp³-hybridized carbons (Fsp3) is 0.188. The predicted molar refractivity (Wildman–Crippen MR) is 77.0 cm³/mol. The molecule has 0 unspecified atom stereocenters. The van der Waals surface area contributed by atoms with E-state index in [9.17, 15) is 22.4 Å². The maximum absolute atomic E-state index is 13.1. The number of carbonyl (C=O) groups is 1. The largest absolute Gasteiger partial charge is 0.412 e. The molecule has 23 heavy (non-hydrogen) atoms. The summed E-state index contributed by atoms with van der Waals surface area (Å²) in [5.41, 5.74) is 0.516. The first-order valence-electron chi connectivity index (χ1n) is 6.77. The van der Waals surface area contributed by atoms with Crippen molar-refractivity contribution >= 4 is 6.03 Å². The summed E-state index contributed by atoms with van der Waals surface area (Å²) in [6.07, 6.45) is -4.62. The summed E-state index contributed by atoms with van der Waals surface area (Å²) in [7, 11) is 0. The Hall–Kier alpha value is -2.57. The highest BCUT2D eigenvalue weighted by Crippen LogP contribution is 2.32. The number of carbonyl (C=O) groups excluding carboxylic acids is 1. The third-order valence-electron chi connectivity index (χ3n) is 3.10. The lowest BCUT2D eigenvalue weighted by molar-refractivity contribution is -0.154. The van der Waals surface area contributed by atoms with Crippen molar-refractivity contribution in [1.29, 1.82) is 0 Å². The first-order chi connectivity index (χ1) is 10.9. The Morgan fingerprint density at radius 1 is 1.00 bits per heavy atom. The number of hydrogen-bond acceptors (Lipinski definition) is 1. The van der Waals surface area contributed by atoms with Crippen LogP contribution in [0.3, 0.4) is 0 Å². The molecule has 0 aromatic heterocycles. The van der Waals surface area contributed by atoms with Gasteiger partial charge in [0.05, 0.1) is 0 Å². The third-order valence-corrected chi connectivity index (χ3v) is 3.10. The van der Waals surface area contributed by atoms with Crippen LogP contribution in [-0.4, -0.2) is 12.2 Å². The molecule has 2 N–H and O–H groups in total. The highest BCUT2D eigenvalue weighted by Gasteiger charge is 2.41. The number of benzene rings is 2. The first-order valence-corrected chi connectivity index (χ1v) is 6.77. The quantitative estimate of drug-likeness (QED) is 0.821. The van der Waals surface area contributed by atoms with Crippen LogP contribution >= 0.6 is 0 Å². The second kappa shape index (κ2) is 7.13. The number of halogens is 4. The standard InChI is InChI=1S/C16H14F4N2O/c17-13-8-6-11(7-9-13)10-21-15(23)22-14(16(18,19)20)12-4-2-1-3-5-12/h1-9,14H,10H2,(H2,21,22,23)/t14-/m0/s1. The van der Waals surface area contributed by atoms with Crippen molar-refractivity contribution in [3.8, 4) is 0 Å². The van der Waals surface area contributed by atoms with Crippen LogP contribution < -0.4 is 10.6 Å². The molecule has 2 amide bonds. The van der Waals surface area contributed by atoms with Crippen LogP contribution in [-0.2, 0) is 6.54 Å². The van der Waals surface area contributed by atoms with Crippen LogP contribution in [0, 0.1) is 5.82 Å². The normalized spacial score (nSPS) is 12.5. The highest BCUT2D eigenvalue weighted by molar-refractivity contribution is 5.74. The van der Waals surface area contributed by atoms with E-state index >= 15 is 0 Å². The van der Waals surface area contributed by atoms with E-state index in [0.717, 1.165) is 0 Å². The topological polar surface area (TPSA) is 41.1 Å². The SMILES string of the molecule is O=C(NCc1ccc(F)cc1)N[C@@H](c1ccccc1)C(F)(F)F. The van der Waals surface area contributed by atoms with Gasteiger partial charge in [-0.25, -0.2) is 9.18 Å². The Balaban J connectivity index is 1.99. The molecule has 2 rings (SSSR count). The first kappa shape index (κ1) is 16.8. The van der Waals surface area contributed by atoms with E-state index in [1.54, 1.807) is 6.07 Å². The van der Waals surface area contributed by atoms with Crippen LogP contribution in [0.4, 0.5) is 22.4 Å². The molecule has 1 atom stereocenters. The maximum Gasteiger partial charge on any atom is 0.412 e. The Labute approximate surface area is 130 Å². The molecule has 0 saturated heterocycles. The molecule has 0 radical (unpaired) electrons. The molecule has 0 fully saturated rings. The summed E-state index contributed by atoms with van der Waals surface area (Å²) >= 11 is 0. The lowest BCUT2D eigenvalue weighted by atomic mass is 10.1. The molecule has 7 heteroatoms. The molecule has 2 aromatic carbocycles. The van der Waals surface area contributed by atoms with Gasteiger partial charge < -0.3 is 10.6 Å². The molecule has 2 aromatic rings. The predicted octanol–water partition coefficient (Wildman–Crippen LogP) is 3.93. The second-order valence-corrected chi connectivity index (χ2v) is 4.84. The third kappa shape index (κ3) is 4.98. The molecule has 0 aliphatic carbocycles. The van der Waals surface area contributed by atoms with E-state index in [1.165, 1.54) is 48.5 Å². The van der Waals surface area contributed by atoms with Crippen molar-refractivity contribution in [2.75, 3.05) is 0 Å². The highest BCUT2D eigenvalue weighted by atomic mass is 19.4. The Morgan fingerprint density at radius 2 is 1.61 bits per heavy atom. The Bertz CT molecular complexity index is 641. The van der Waals surface area contributed by atoms with Crippen LogP contribution in [0.5, 0.6) is 0 Å². The zero-order chi connectivity index (χ0) is 16.9. The molecule has 0 spiro atoms. The molecular weight excluding hydrogens is 312 g/mol. The zero-order valence-electron chi connectivity index (χ0n) is 11.9. The van der Waals surface area contributed by atoms with E-state index in [-0.39, 0.29) is 12.1 Å². The van der Waals surface area contributed by atoms with Crippen molar-refractivity contribution in [2.24, 2.45) is 0 Å². The van der Waals surface area contributed by atoms with Crippen molar-refractivity contribution in [1.82, 2.24) is 10.6 Å². The fourth-order valence-corrected chi connectivity index (χ4v) is 1.97. The molecule has 0 aliphatic rings. The van der Waals surface area contributed by atoms with Gasteiger partial charge in [-0.2, -0.15) is 13.2 Å². The Morgan fingerprint density at radius 3 is 2.17 bits per heavy atom. The van der Waals surface area contributed by atoms with Gasteiger partial charge in [0.25, 0.3) is 0 Å². The summed E-state index contributed by atoms with van der Waals surface area (Å²) in [5.74, 6) is -0.431. The minimum absolute atomic E-state index is 0.00845. The van der Waals surface area contributed by atoms with Crippen molar-refractivity contribution < 1.29 is 22.4 Å². The van der Waals surface area contributed by atoms with E-state index < -0.39 is 24.1 Å². The minimum Gasteiger partial charge on any atom is -0.334 e. The van der Waals surface area contributed by atoms with Gasteiger partial charge in [0.15, 0.2) is 6.04 Å². The summed E-state index contributed by atoms with van der Waals surface area (Å²) in [6, 6.07) is 9.33. The van der Waals surface area contributed by atoms with Gasteiger partial charge in [0.1, 0.15) is 5.82 Å². The number of rotatable bonds is 4. The van der Waals surface area contributed by atoms with Crippen LogP contribution in [0.2, 0.25) is 0 Å². The molecule has 0 aliphatic heterocycles. The van der Waals surface area contributed by atoms with Crippen LogP contribution in [0.1, 0.15) is 17.2 Å². The Kier molecular flexibility index (Phi) is 5.20. The molecule has 0 bridgehead atoms. The number of hydrogen-bond donors (Lipinski definition) is 2. The molecule has 0 saturated carbocycles. The lowest BCUT2D eigenvalue weighted by Crippen LogP contribution is -2.43. The summed E-state index contributed by atoms with van der Waals surface area (Å²) in [5, 5.41) is 4.22. The zero-order valence-corrected chi connectivity index (χ0v) is 11.9. The molecular formula is C16H14F4N2O. The molecule has 0 heterocycles. The average molecular weight is 326 g/mol. The van der Waals surface area contributed by atoms with Crippen molar-refractivity contribution in [3.63, 3.8) is 0 Å². The van der Waals surface area contributed by atoms with E-state index in [4.69, 9.17) is 0 Å². The van der Waals surface area contributed by atoms with Gasteiger partial charge in [-0.15, -0.1) is 0 Å². The number of urea groups is 1. The minimum atomic E-state index is -4.62. The van der Waals surface area contributed by atoms with Gasteiger partial charge in [-0.1, -0.05) is 42.5 Å². The van der Waals surface area contributed by atoms with Crippen LogP contribution in [0.15, 0.2) is 54.6 Å². The fourth-order valence-electron chi connectivity index (χ4n) is 1.97. The van der Waals surface area contributed by atoms with Gasteiger partial charge in [0.2, 0.25) is 0 Å². The summed E-state index contributed by atoms with van der Waals surface area (Å²) < 4.78 is 52.0. The molecule has 122 valence electrons. The summed E-state index contributed by atoms with van der Waals surface area (Å²) in [6.45, 7) is -0.00845. The summed E-state index contributed by atoms with van der Waals surface area (Å²) in [4.78, 5) is 11.7. The maximum atomic E-state index is 13.1. The van der Waals surface area contributed by atoms with E-state index in [0.29, 0.717) is 5.56 Å². The van der Waals surface area contributed by atoms with Gasteiger partial charge in [-0.05, 0) is 23.3 Å². The van der Waals surface area contributed by atoms with Crippen molar-refractivity contribution in [3.05, 3.63) is 71.5 Å². The van der Waals surface area contributed by atoms with Crippen molar-refractivity contribution in [2.45, 2.75) is 18.8 Å². The van der Waals surface area contributed by atoms with Gasteiger partial charge in [0, 0.05) is 6.54 Å². The average Bonchev–Trinajstić information content (AvgIpc) is 2.52. The van der Waals surface area contributed by atoms with Crippen LogP contribution in [0.25, 0.3) is 0 Å². The van der Waals surface area contributed by atoms with Gasteiger partial charge in [-0.3, -0.25) is 0 Å². The monoisotopic (exact) mass is 326 g/mol.